The molecule has 0 saturated heterocycles. The number of methoxy groups -OCH3 is 1. The first kappa shape index (κ1) is 17.8. The lowest BCUT2D eigenvalue weighted by atomic mass is 9.92. The number of ether oxygens (including phenoxy) is 1. The third-order valence-corrected chi connectivity index (χ3v) is 5.94. The van der Waals surface area contributed by atoms with Crippen molar-refractivity contribution in [2.45, 2.75) is 51.6 Å². The molecule has 142 valence electrons. The summed E-state index contributed by atoms with van der Waals surface area (Å²) in [6.07, 6.45) is 3.87. The normalized spacial score (nSPS) is 17.4. The molecule has 2 aromatic rings. The van der Waals surface area contributed by atoms with Crippen LogP contribution in [0.2, 0.25) is 0 Å². The van der Waals surface area contributed by atoms with Gasteiger partial charge >= 0.3 is 0 Å². The zero-order chi connectivity index (χ0) is 19.2. The van der Waals surface area contributed by atoms with Crippen LogP contribution in [0.25, 0.3) is 0 Å². The summed E-state index contributed by atoms with van der Waals surface area (Å²) in [5, 5.41) is 0. The molecule has 0 bridgehead atoms. The van der Waals surface area contributed by atoms with Gasteiger partial charge in [0.15, 0.2) is 0 Å². The van der Waals surface area contributed by atoms with Gasteiger partial charge in [0.25, 0.3) is 5.56 Å². The fourth-order valence-corrected chi connectivity index (χ4v) is 4.03. The lowest BCUT2D eigenvalue weighted by Crippen LogP contribution is -2.44. The van der Waals surface area contributed by atoms with E-state index in [0.29, 0.717) is 26.1 Å². The van der Waals surface area contributed by atoms with Crippen molar-refractivity contribution in [1.29, 1.82) is 0 Å². The molecule has 0 unspecified atom stereocenters. The van der Waals surface area contributed by atoms with E-state index in [4.69, 9.17) is 4.74 Å². The SMILES string of the molecule is CCn1cnc2c(c1=O)CCN(C(=O)C1(c3ccc(C)c(OC)c3)CC1)C2. The Morgan fingerprint density at radius 3 is 2.78 bits per heavy atom. The summed E-state index contributed by atoms with van der Waals surface area (Å²) in [6, 6.07) is 6.05. The van der Waals surface area contributed by atoms with E-state index in [1.807, 2.05) is 36.9 Å². The van der Waals surface area contributed by atoms with Crippen molar-refractivity contribution in [3.05, 3.63) is 57.3 Å². The van der Waals surface area contributed by atoms with Gasteiger partial charge in [-0.2, -0.15) is 0 Å². The monoisotopic (exact) mass is 367 g/mol. The van der Waals surface area contributed by atoms with Crippen LogP contribution >= 0.6 is 0 Å². The van der Waals surface area contributed by atoms with E-state index in [-0.39, 0.29) is 11.5 Å². The highest BCUT2D eigenvalue weighted by atomic mass is 16.5. The van der Waals surface area contributed by atoms with Crippen LogP contribution in [0, 0.1) is 6.92 Å². The van der Waals surface area contributed by atoms with Crippen molar-refractivity contribution in [2.75, 3.05) is 13.7 Å². The van der Waals surface area contributed by atoms with Crippen LogP contribution < -0.4 is 10.3 Å². The van der Waals surface area contributed by atoms with Crippen molar-refractivity contribution in [3.63, 3.8) is 0 Å². The van der Waals surface area contributed by atoms with E-state index in [0.717, 1.165) is 41.0 Å². The van der Waals surface area contributed by atoms with E-state index < -0.39 is 5.41 Å². The fraction of sp³-hybridized carbons (Fsp3) is 0.476. The van der Waals surface area contributed by atoms with Crippen molar-refractivity contribution in [3.8, 4) is 5.75 Å². The van der Waals surface area contributed by atoms with Crippen molar-refractivity contribution in [2.24, 2.45) is 0 Å². The van der Waals surface area contributed by atoms with Gasteiger partial charge < -0.3 is 9.64 Å². The van der Waals surface area contributed by atoms with Crippen LogP contribution in [0.3, 0.4) is 0 Å². The van der Waals surface area contributed by atoms with Gasteiger partial charge in [0.1, 0.15) is 5.75 Å². The predicted octanol–water partition coefficient (Wildman–Crippen LogP) is 2.20. The number of aromatic nitrogens is 2. The van der Waals surface area contributed by atoms with E-state index in [2.05, 4.69) is 4.98 Å². The molecule has 1 saturated carbocycles. The molecule has 2 aliphatic rings. The van der Waals surface area contributed by atoms with Gasteiger partial charge in [0, 0.05) is 18.7 Å². The highest BCUT2D eigenvalue weighted by Crippen LogP contribution is 2.50. The number of carbonyl (C=O) groups is 1. The zero-order valence-corrected chi connectivity index (χ0v) is 16.1. The molecule has 6 heteroatoms. The number of nitrogens with zero attached hydrogens (tertiary/aromatic N) is 3. The first-order chi connectivity index (χ1) is 13.0. The number of fused-ring (bicyclic) bond motifs is 1. The first-order valence-electron chi connectivity index (χ1n) is 9.52. The van der Waals surface area contributed by atoms with Crippen LogP contribution in [-0.4, -0.2) is 34.0 Å². The van der Waals surface area contributed by atoms with Gasteiger partial charge in [0.2, 0.25) is 5.91 Å². The maximum absolute atomic E-state index is 13.4. The van der Waals surface area contributed by atoms with Crippen molar-refractivity contribution in [1.82, 2.24) is 14.5 Å². The number of hydrogen-bond donors (Lipinski definition) is 0. The van der Waals surface area contributed by atoms with Gasteiger partial charge in [-0.15, -0.1) is 0 Å². The molecule has 27 heavy (non-hydrogen) atoms. The largest absolute Gasteiger partial charge is 0.496 e. The molecule has 0 radical (unpaired) electrons. The lowest BCUT2D eigenvalue weighted by molar-refractivity contribution is -0.135. The molecule has 1 aliphatic heterocycles. The highest BCUT2D eigenvalue weighted by molar-refractivity contribution is 5.91. The predicted molar refractivity (Wildman–Crippen MR) is 102 cm³/mol. The Balaban J connectivity index is 1.61. The Kier molecular flexibility index (Phi) is 4.29. The van der Waals surface area contributed by atoms with E-state index in [1.165, 1.54) is 0 Å². The number of carbonyl (C=O) groups excluding carboxylic acids is 1. The topological polar surface area (TPSA) is 64.4 Å². The Hall–Kier alpha value is -2.63. The second-order valence-electron chi connectivity index (χ2n) is 7.50. The smallest absolute Gasteiger partial charge is 0.256 e. The minimum Gasteiger partial charge on any atom is -0.496 e. The second kappa shape index (κ2) is 6.51. The minimum absolute atomic E-state index is 0.0269. The Morgan fingerprint density at radius 1 is 1.33 bits per heavy atom. The molecule has 1 aromatic carbocycles. The average molecular weight is 367 g/mol. The van der Waals surface area contributed by atoms with Crippen LogP contribution in [0.5, 0.6) is 5.75 Å². The summed E-state index contributed by atoms with van der Waals surface area (Å²) in [7, 11) is 1.66. The number of amides is 1. The minimum atomic E-state index is -0.448. The summed E-state index contributed by atoms with van der Waals surface area (Å²) < 4.78 is 7.07. The molecular weight excluding hydrogens is 342 g/mol. The van der Waals surface area contributed by atoms with Gasteiger partial charge in [-0.25, -0.2) is 4.98 Å². The van der Waals surface area contributed by atoms with Crippen LogP contribution in [0.1, 0.15) is 42.1 Å². The van der Waals surface area contributed by atoms with Crippen molar-refractivity contribution >= 4 is 5.91 Å². The molecule has 0 N–H and O–H groups in total. The average Bonchev–Trinajstić information content (AvgIpc) is 3.50. The molecule has 0 atom stereocenters. The standard InChI is InChI=1S/C21H25N3O3/c1-4-23-13-22-17-12-24(10-7-16(17)19(23)25)20(26)21(8-9-21)15-6-5-14(2)18(11-15)27-3/h5-6,11,13H,4,7-10,12H2,1-3H3. The van der Waals surface area contributed by atoms with Crippen LogP contribution in [-0.2, 0) is 29.7 Å². The summed E-state index contributed by atoms with van der Waals surface area (Å²) in [6.45, 7) is 5.53. The summed E-state index contributed by atoms with van der Waals surface area (Å²) in [5.41, 5.74) is 3.16. The quantitative estimate of drug-likeness (QED) is 0.831. The number of benzene rings is 1. The zero-order valence-electron chi connectivity index (χ0n) is 16.1. The summed E-state index contributed by atoms with van der Waals surface area (Å²) >= 11 is 0. The Bertz CT molecular complexity index is 960. The molecule has 1 amide bonds. The van der Waals surface area contributed by atoms with Gasteiger partial charge in [-0.3, -0.25) is 14.2 Å². The highest BCUT2D eigenvalue weighted by Gasteiger charge is 2.53. The molecule has 1 fully saturated rings. The molecular formula is C21H25N3O3. The molecule has 1 aliphatic carbocycles. The Morgan fingerprint density at radius 2 is 2.11 bits per heavy atom. The van der Waals surface area contributed by atoms with Gasteiger partial charge in [-0.05, 0) is 50.3 Å². The molecule has 1 aromatic heterocycles. The van der Waals surface area contributed by atoms with Gasteiger partial charge in [0.05, 0.1) is 31.1 Å². The summed E-state index contributed by atoms with van der Waals surface area (Å²) in [5.74, 6) is 0.956. The Labute approximate surface area is 158 Å². The van der Waals surface area contributed by atoms with Gasteiger partial charge in [-0.1, -0.05) is 12.1 Å². The molecule has 0 spiro atoms. The maximum Gasteiger partial charge on any atom is 0.256 e. The molecule has 6 nitrogen and oxygen atoms in total. The van der Waals surface area contributed by atoms with Crippen LogP contribution in [0.15, 0.2) is 29.3 Å². The van der Waals surface area contributed by atoms with E-state index in [9.17, 15) is 9.59 Å². The third-order valence-electron chi connectivity index (χ3n) is 5.94. The van der Waals surface area contributed by atoms with Crippen LogP contribution in [0.4, 0.5) is 0 Å². The third kappa shape index (κ3) is 2.83. The van der Waals surface area contributed by atoms with Crippen molar-refractivity contribution < 1.29 is 9.53 Å². The maximum atomic E-state index is 13.4. The number of rotatable bonds is 4. The molecule has 2 heterocycles. The number of hydrogen-bond acceptors (Lipinski definition) is 4. The summed E-state index contributed by atoms with van der Waals surface area (Å²) in [4.78, 5) is 32.1. The molecule has 4 rings (SSSR count). The van der Waals surface area contributed by atoms with E-state index >= 15 is 0 Å². The fourth-order valence-electron chi connectivity index (χ4n) is 4.03. The van der Waals surface area contributed by atoms with E-state index in [1.54, 1.807) is 18.0 Å². The number of aryl methyl sites for hydroxylation is 2. The lowest BCUT2D eigenvalue weighted by Gasteiger charge is -2.31. The first-order valence-corrected chi connectivity index (χ1v) is 9.52. The second-order valence-corrected chi connectivity index (χ2v) is 7.50.